The zero-order chi connectivity index (χ0) is 11.7. The first-order valence-corrected chi connectivity index (χ1v) is 5.35. The quantitative estimate of drug-likeness (QED) is 0.729. The normalized spacial score (nSPS) is 10.6. The highest BCUT2D eigenvalue weighted by Gasteiger charge is 2.06. The predicted octanol–water partition coefficient (Wildman–Crippen LogP) is 3.06. The average Bonchev–Trinajstić information content (AvgIpc) is 2.78. The fourth-order valence-electron chi connectivity index (χ4n) is 1.72. The van der Waals surface area contributed by atoms with Crippen molar-refractivity contribution in [3.8, 4) is 11.6 Å². The van der Waals surface area contributed by atoms with Crippen LogP contribution in [0.25, 0.3) is 11.0 Å². The van der Waals surface area contributed by atoms with E-state index in [0.717, 1.165) is 22.3 Å². The number of ether oxygens (including phenoxy) is 1. The topological polar surface area (TPSA) is 50.8 Å². The number of H-pyrrole nitrogens is 1. The maximum atomic E-state index is 5.76. The molecule has 0 bridgehead atoms. The second-order valence-electron chi connectivity index (χ2n) is 3.84. The van der Waals surface area contributed by atoms with Crippen molar-refractivity contribution < 1.29 is 4.74 Å². The molecule has 1 aromatic carbocycles. The molecule has 17 heavy (non-hydrogen) atoms. The molecular formula is C13H11N3O. The molecule has 0 aliphatic carbocycles. The number of rotatable bonds is 2. The lowest BCUT2D eigenvalue weighted by Crippen LogP contribution is -1.90. The van der Waals surface area contributed by atoms with Crippen LogP contribution in [0.5, 0.6) is 11.6 Å². The molecule has 3 aromatic rings. The van der Waals surface area contributed by atoms with Crippen molar-refractivity contribution in [3.63, 3.8) is 0 Å². The van der Waals surface area contributed by atoms with Crippen molar-refractivity contribution in [1.29, 1.82) is 0 Å². The minimum Gasteiger partial charge on any atom is -0.438 e. The average molecular weight is 225 g/mol. The first-order chi connectivity index (χ1) is 8.33. The predicted molar refractivity (Wildman–Crippen MR) is 65.1 cm³/mol. The fraction of sp³-hybridized carbons (Fsp3) is 0.0769. The van der Waals surface area contributed by atoms with Gasteiger partial charge in [0.25, 0.3) is 0 Å². The maximum absolute atomic E-state index is 5.76. The second-order valence-corrected chi connectivity index (χ2v) is 3.84. The van der Waals surface area contributed by atoms with E-state index in [-0.39, 0.29) is 0 Å². The van der Waals surface area contributed by atoms with E-state index in [1.165, 1.54) is 6.33 Å². The Labute approximate surface area is 98.3 Å². The first-order valence-electron chi connectivity index (χ1n) is 5.35. The van der Waals surface area contributed by atoms with Crippen molar-refractivity contribution in [3.05, 3.63) is 48.4 Å². The minimum atomic E-state index is 0.571. The zero-order valence-electron chi connectivity index (χ0n) is 9.34. The van der Waals surface area contributed by atoms with Crippen LogP contribution in [0.1, 0.15) is 5.56 Å². The molecule has 84 valence electrons. The molecule has 1 N–H and O–H groups in total. The SMILES string of the molecule is Cc1cccc(Oc2ncnc3[nH]ccc23)c1. The molecule has 0 amide bonds. The maximum Gasteiger partial charge on any atom is 0.231 e. The largest absolute Gasteiger partial charge is 0.438 e. The van der Waals surface area contributed by atoms with Crippen LogP contribution in [0.3, 0.4) is 0 Å². The number of hydrogen-bond donors (Lipinski definition) is 1. The lowest BCUT2D eigenvalue weighted by atomic mass is 10.2. The van der Waals surface area contributed by atoms with Crippen LogP contribution < -0.4 is 4.74 Å². The van der Waals surface area contributed by atoms with E-state index in [0.29, 0.717) is 5.88 Å². The van der Waals surface area contributed by atoms with E-state index < -0.39 is 0 Å². The Balaban J connectivity index is 2.02. The van der Waals surface area contributed by atoms with Crippen molar-refractivity contribution in [2.24, 2.45) is 0 Å². The Bertz CT molecular complexity index is 660. The molecule has 0 unspecified atom stereocenters. The van der Waals surface area contributed by atoms with Gasteiger partial charge in [-0.15, -0.1) is 0 Å². The Kier molecular flexibility index (Phi) is 2.26. The van der Waals surface area contributed by atoms with Crippen molar-refractivity contribution >= 4 is 11.0 Å². The Morgan fingerprint density at radius 2 is 2.12 bits per heavy atom. The van der Waals surface area contributed by atoms with Crippen LogP contribution in [-0.4, -0.2) is 15.0 Å². The zero-order valence-corrected chi connectivity index (χ0v) is 9.34. The first kappa shape index (κ1) is 9.84. The monoisotopic (exact) mass is 225 g/mol. The molecule has 4 nitrogen and oxygen atoms in total. The van der Waals surface area contributed by atoms with E-state index >= 15 is 0 Å². The molecule has 0 radical (unpaired) electrons. The molecule has 2 heterocycles. The molecule has 0 fully saturated rings. The molecule has 0 spiro atoms. The Hall–Kier alpha value is -2.36. The number of hydrogen-bond acceptors (Lipinski definition) is 3. The summed E-state index contributed by atoms with van der Waals surface area (Å²) < 4.78 is 5.76. The van der Waals surface area contributed by atoms with Gasteiger partial charge < -0.3 is 9.72 Å². The summed E-state index contributed by atoms with van der Waals surface area (Å²) in [5.41, 5.74) is 1.93. The van der Waals surface area contributed by atoms with E-state index in [1.54, 1.807) is 0 Å². The highest BCUT2D eigenvalue weighted by Crippen LogP contribution is 2.26. The Morgan fingerprint density at radius 1 is 1.18 bits per heavy atom. The number of nitrogens with zero attached hydrogens (tertiary/aromatic N) is 2. The van der Waals surface area contributed by atoms with Gasteiger partial charge >= 0.3 is 0 Å². The Morgan fingerprint density at radius 3 is 3.00 bits per heavy atom. The summed E-state index contributed by atoms with van der Waals surface area (Å²) in [4.78, 5) is 11.3. The number of aromatic amines is 1. The van der Waals surface area contributed by atoms with Crippen LogP contribution in [-0.2, 0) is 0 Å². The molecule has 0 aliphatic rings. The molecule has 0 atom stereocenters. The summed E-state index contributed by atoms with van der Waals surface area (Å²) in [6, 6.07) is 9.77. The third kappa shape index (κ3) is 1.85. The van der Waals surface area contributed by atoms with E-state index in [2.05, 4.69) is 15.0 Å². The molecule has 0 saturated carbocycles. The van der Waals surface area contributed by atoms with E-state index in [4.69, 9.17) is 4.74 Å². The molecule has 2 aromatic heterocycles. The summed E-state index contributed by atoms with van der Waals surface area (Å²) in [6.45, 7) is 2.03. The van der Waals surface area contributed by atoms with Gasteiger partial charge in [-0.1, -0.05) is 12.1 Å². The van der Waals surface area contributed by atoms with E-state index in [1.807, 2.05) is 43.5 Å². The van der Waals surface area contributed by atoms with Crippen molar-refractivity contribution in [2.75, 3.05) is 0 Å². The van der Waals surface area contributed by atoms with Crippen LogP contribution in [0.4, 0.5) is 0 Å². The van der Waals surface area contributed by atoms with E-state index in [9.17, 15) is 0 Å². The highest BCUT2D eigenvalue weighted by molar-refractivity contribution is 5.80. The van der Waals surface area contributed by atoms with Gasteiger partial charge in [-0.05, 0) is 30.7 Å². The highest BCUT2D eigenvalue weighted by atomic mass is 16.5. The van der Waals surface area contributed by atoms with Gasteiger partial charge in [0.05, 0.1) is 5.39 Å². The summed E-state index contributed by atoms with van der Waals surface area (Å²) in [6.07, 6.45) is 3.31. The van der Waals surface area contributed by atoms with Crippen LogP contribution in [0.2, 0.25) is 0 Å². The number of fused-ring (bicyclic) bond motifs is 1. The van der Waals surface area contributed by atoms with Gasteiger partial charge in [0, 0.05) is 6.20 Å². The molecular weight excluding hydrogens is 214 g/mol. The van der Waals surface area contributed by atoms with Gasteiger partial charge in [-0.3, -0.25) is 0 Å². The lowest BCUT2D eigenvalue weighted by molar-refractivity contribution is 0.468. The molecule has 4 heteroatoms. The van der Waals surface area contributed by atoms with Gasteiger partial charge in [-0.2, -0.15) is 0 Å². The number of aromatic nitrogens is 3. The van der Waals surface area contributed by atoms with Gasteiger partial charge in [0.15, 0.2) is 0 Å². The summed E-state index contributed by atoms with van der Waals surface area (Å²) >= 11 is 0. The fourth-order valence-corrected chi connectivity index (χ4v) is 1.72. The van der Waals surface area contributed by atoms with Crippen LogP contribution in [0, 0.1) is 6.92 Å². The van der Waals surface area contributed by atoms with Crippen molar-refractivity contribution in [2.45, 2.75) is 6.92 Å². The summed E-state index contributed by atoms with van der Waals surface area (Å²) in [7, 11) is 0. The molecule has 3 rings (SSSR count). The lowest BCUT2D eigenvalue weighted by Gasteiger charge is -2.05. The van der Waals surface area contributed by atoms with Gasteiger partial charge in [0.2, 0.25) is 5.88 Å². The summed E-state index contributed by atoms with van der Waals surface area (Å²) in [5, 5.41) is 0.883. The molecule has 0 saturated heterocycles. The molecule has 0 aliphatic heterocycles. The van der Waals surface area contributed by atoms with Gasteiger partial charge in [0.1, 0.15) is 17.7 Å². The standard InChI is InChI=1S/C13H11N3O/c1-9-3-2-4-10(7-9)17-13-11-5-6-14-12(11)15-8-16-13/h2-8H,1H3,(H,14,15,16). The number of aryl methyl sites for hydroxylation is 1. The third-order valence-corrected chi connectivity index (χ3v) is 2.52. The van der Waals surface area contributed by atoms with Crippen LogP contribution in [0.15, 0.2) is 42.9 Å². The van der Waals surface area contributed by atoms with Crippen LogP contribution >= 0.6 is 0 Å². The number of benzene rings is 1. The van der Waals surface area contributed by atoms with Crippen molar-refractivity contribution in [1.82, 2.24) is 15.0 Å². The third-order valence-electron chi connectivity index (χ3n) is 2.52. The number of nitrogens with one attached hydrogen (secondary N) is 1. The second kappa shape index (κ2) is 3.90. The minimum absolute atomic E-state index is 0.571. The smallest absolute Gasteiger partial charge is 0.231 e. The van der Waals surface area contributed by atoms with Gasteiger partial charge in [-0.25, -0.2) is 9.97 Å². The summed E-state index contributed by atoms with van der Waals surface area (Å²) in [5.74, 6) is 1.35.